The summed E-state index contributed by atoms with van der Waals surface area (Å²) in [5.74, 6) is 1.66. The molecule has 0 radical (unpaired) electrons. The quantitative estimate of drug-likeness (QED) is 0.0559. The van der Waals surface area contributed by atoms with Crippen LogP contribution in [-0.2, 0) is 32.0 Å². The van der Waals surface area contributed by atoms with Gasteiger partial charge < -0.3 is 43.9 Å². The number of carbonyl (C=O) groups is 4. The molecule has 19 rings (SSSR count). The van der Waals surface area contributed by atoms with Crippen molar-refractivity contribution >= 4 is 163 Å². The fourth-order valence-corrected chi connectivity index (χ4v) is 20.9. The van der Waals surface area contributed by atoms with E-state index in [0.29, 0.717) is 128 Å². The molecule has 23 nitrogen and oxygen atoms in total. The molecule has 4 N–H and O–H groups in total. The number of hydrogen-bond acceptors (Lipinski definition) is 19. The topological polar surface area (TPSA) is 210 Å². The molecule has 5 fully saturated rings. The summed E-state index contributed by atoms with van der Waals surface area (Å²) < 4.78 is 6.06. The van der Waals surface area contributed by atoms with Gasteiger partial charge >= 0.3 is 0 Å². The van der Waals surface area contributed by atoms with Crippen molar-refractivity contribution in [2.75, 3.05) is 121 Å². The van der Waals surface area contributed by atoms with Crippen LogP contribution in [0.25, 0.3) is 0 Å². The average Bonchev–Trinajstić information content (AvgIpc) is 0.985. The summed E-state index contributed by atoms with van der Waals surface area (Å²) in [6.45, 7) is 22.9. The van der Waals surface area contributed by atoms with Gasteiger partial charge in [-0.15, -0.1) is 16.2 Å². The van der Waals surface area contributed by atoms with Crippen molar-refractivity contribution in [3.8, 4) is 11.8 Å². The van der Waals surface area contributed by atoms with Crippen LogP contribution in [-0.4, -0.2) is 158 Å². The standard InChI is InChI=1S/C29H31Cl2N3O.C28H27Cl2N3O2.C27H28Cl2N6O.C26H26Cl2N6O/c1-21-9-14-26(25(31)19-21)34-18-17-33(20-27(34)22-10-12-24(30)13-11-22)29(35)28(32-15-5-6-16-32)23-7-3-2-4-8-23;1-19-4-13-25(24(30)16-19)33-15-14-32(18-26(33)21-7-9-22(29)10-8-21)27(34)28(2,3)35-23-11-5-20(17-31)6-12-23;1-18-3-12-25(24(29)15-18)34-14-13-33(17-26(34)21-6-8-22(28)9-7-21)27(36)16-20-4-10-23(11-5-20)35-19(2)30-31-32-35;1-18-2-11-24(23(28)14-18)33-13-12-32(16-25(33)20-5-7-21(27)8-6-20)26(35)15-19-3-9-22(10-4-19)34-17-29-30-31-34/h2-4,7-14,19,27-28H,5-6,15-18,20H2,1H3;4-13,16,26H,14-15,18H2,1-3H3;3-12,15,26,31-32H,13-14,16-17H2,1-2H3;2-11,14,17,25,30-31H,12-13,15-16H2,1H3. The summed E-state index contributed by atoms with van der Waals surface area (Å²) in [4.78, 5) is 73.7. The maximum atomic E-state index is 14.1. The Morgan fingerprint density at radius 3 is 1.14 bits per heavy atom. The first-order valence-electron chi connectivity index (χ1n) is 47.2. The Labute approximate surface area is 865 Å². The monoisotopic (exact) mass is 2040 g/mol. The van der Waals surface area contributed by atoms with E-state index in [-0.39, 0.29) is 53.8 Å². The maximum Gasteiger partial charge on any atom is 0.266 e. The van der Waals surface area contributed by atoms with Gasteiger partial charge in [-0.25, -0.2) is 21.1 Å². The molecule has 141 heavy (non-hydrogen) atoms. The number of nitriles is 1. The van der Waals surface area contributed by atoms with Crippen LogP contribution in [0.15, 0.2) is 283 Å². The van der Waals surface area contributed by atoms with E-state index in [4.69, 9.17) is 103 Å². The lowest BCUT2D eigenvalue weighted by Gasteiger charge is -2.45. The number of rotatable bonds is 20. The highest BCUT2D eigenvalue weighted by Gasteiger charge is 2.43. The van der Waals surface area contributed by atoms with Gasteiger partial charge in [0.15, 0.2) is 5.60 Å². The molecule has 0 aromatic heterocycles. The zero-order valence-corrected chi connectivity index (χ0v) is 85.5. The van der Waals surface area contributed by atoms with Crippen molar-refractivity contribution in [2.24, 2.45) is 10.2 Å². The second-order valence-electron chi connectivity index (χ2n) is 36.6. The molecule has 4 amide bonds. The molecule has 12 aromatic rings. The Bertz CT molecular complexity index is 6480. The van der Waals surface area contributed by atoms with Crippen molar-refractivity contribution in [3.63, 3.8) is 0 Å². The molecular weight excluding hydrogens is 1940 g/mol. The molecule has 0 spiro atoms. The summed E-state index contributed by atoms with van der Waals surface area (Å²) in [7, 11) is 0. The Hall–Kier alpha value is -12.3. The van der Waals surface area contributed by atoms with Crippen molar-refractivity contribution in [1.82, 2.24) is 46.6 Å². The third-order valence-corrected chi connectivity index (χ3v) is 28.7. The molecule has 7 aliphatic rings. The van der Waals surface area contributed by atoms with Crippen LogP contribution in [0.1, 0.15) is 131 Å². The third kappa shape index (κ3) is 25.3. The number of hydrogen-bond donors (Lipinski definition) is 4. The normalized spacial score (nSPS) is 17.8. The number of amidine groups is 1. The average molecular weight is 2050 g/mol. The van der Waals surface area contributed by atoms with E-state index >= 15 is 0 Å². The number of aryl methyl sites for hydroxylation is 4. The molecule has 0 saturated carbocycles. The zero-order chi connectivity index (χ0) is 99.1. The van der Waals surface area contributed by atoms with Crippen LogP contribution in [0.3, 0.4) is 0 Å². The van der Waals surface area contributed by atoms with Gasteiger partial charge in [-0.05, 0) is 281 Å². The molecule has 0 aliphatic carbocycles. The lowest BCUT2D eigenvalue weighted by Crippen LogP contribution is -2.56. The predicted molar refractivity (Wildman–Crippen MR) is 572 cm³/mol. The molecular formula is C110H112Cl8N18O5. The summed E-state index contributed by atoms with van der Waals surface area (Å²) >= 11 is 51.3. The van der Waals surface area contributed by atoms with Crippen LogP contribution >= 0.6 is 92.8 Å². The summed E-state index contributed by atoms with van der Waals surface area (Å²) in [6.07, 6.45) is 4.63. The van der Waals surface area contributed by atoms with E-state index in [1.165, 1.54) is 0 Å². The number of hydrazine groups is 4. The number of likely N-dealkylation sites (tertiary alicyclic amines) is 1. The largest absolute Gasteiger partial charge is 0.478 e. The molecule has 31 heteroatoms. The molecule has 5 saturated heterocycles. The minimum Gasteiger partial charge on any atom is -0.478 e. The minimum absolute atomic E-state index is 0.0137. The first-order chi connectivity index (χ1) is 68.0. The maximum absolute atomic E-state index is 14.1. The smallest absolute Gasteiger partial charge is 0.266 e. The highest BCUT2D eigenvalue weighted by Crippen LogP contribution is 2.44. The number of hydrazone groups is 2. The number of nitrogens with one attached hydrogen (secondary N) is 4. The molecule has 5 atom stereocenters. The number of carbonyl (C=O) groups excluding carboxylic acids is 4. The lowest BCUT2D eigenvalue weighted by molar-refractivity contribution is -0.146. The van der Waals surface area contributed by atoms with Gasteiger partial charge in [0.25, 0.3) is 5.91 Å². The lowest BCUT2D eigenvalue weighted by atomic mass is 9.98. The van der Waals surface area contributed by atoms with Crippen molar-refractivity contribution < 1.29 is 23.9 Å². The van der Waals surface area contributed by atoms with E-state index < -0.39 is 5.60 Å². The number of piperazine rings is 4. The molecule has 728 valence electrons. The van der Waals surface area contributed by atoms with E-state index in [0.717, 1.165) is 142 Å². The van der Waals surface area contributed by atoms with E-state index in [9.17, 15) is 19.2 Å². The number of nitrogens with zero attached hydrogens (tertiary/aromatic N) is 14. The van der Waals surface area contributed by atoms with E-state index in [2.05, 4.69) is 124 Å². The number of anilines is 6. The van der Waals surface area contributed by atoms with Crippen molar-refractivity contribution in [1.29, 1.82) is 5.26 Å². The number of halogens is 8. The van der Waals surface area contributed by atoms with Gasteiger partial charge in [-0.3, -0.25) is 24.1 Å². The van der Waals surface area contributed by atoms with Crippen LogP contribution in [0.2, 0.25) is 40.2 Å². The zero-order valence-electron chi connectivity index (χ0n) is 79.5. The SMILES string of the molecule is CC1=NNNN1c1ccc(CC(=O)N2CCN(c3ccc(C)cc3Cl)C(c3ccc(Cl)cc3)C2)cc1.Cc1ccc(N2CCN(C(=O)C(C)(C)Oc3ccc(C#N)cc3)CC2c2ccc(Cl)cc2)c(Cl)c1.Cc1ccc(N2CCN(C(=O)C(c3ccccc3)N3CCCC3)CC2c2ccc(Cl)cc2)c(Cl)c1.Cc1ccc(N2CCN(C(=O)Cc3ccc(N4C=NNN4)cc3)CC2c2ccc(Cl)cc2)c(Cl)c1. The predicted octanol–water partition coefficient (Wildman–Crippen LogP) is 22.8. The van der Waals surface area contributed by atoms with Gasteiger partial charge in [0, 0.05) is 98.6 Å². The third-order valence-electron chi connectivity index (χ3n) is 26.5. The molecule has 0 bridgehead atoms. The first-order valence-corrected chi connectivity index (χ1v) is 50.2. The van der Waals surface area contributed by atoms with Crippen molar-refractivity contribution in [3.05, 3.63) is 380 Å². The Morgan fingerprint density at radius 1 is 0.411 bits per heavy atom. The van der Waals surface area contributed by atoms with Crippen LogP contribution in [0.5, 0.6) is 5.75 Å². The second kappa shape index (κ2) is 46.7. The minimum atomic E-state index is -1.08. The number of amides is 4. The molecule has 5 unspecified atom stereocenters. The van der Waals surface area contributed by atoms with Gasteiger partial charge in [0.2, 0.25) is 17.7 Å². The van der Waals surface area contributed by atoms with Gasteiger partial charge in [0.1, 0.15) is 24.0 Å². The highest BCUT2D eigenvalue weighted by molar-refractivity contribution is 6.35. The number of ether oxygens (including phenoxy) is 1. The Kier molecular flexibility index (Phi) is 33.6. The fraction of sp³-hybridized carbons (Fsp3) is 0.282. The molecule has 12 aromatic carbocycles. The fourth-order valence-electron chi connectivity index (χ4n) is 19.0. The second-order valence-corrected chi connectivity index (χ2v) is 40.0. The van der Waals surface area contributed by atoms with Gasteiger partial charge in [-0.2, -0.15) is 10.4 Å². The van der Waals surface area contributed by atoms with E-state index in [1.54, 1.807) is 49.5 Å². The molecule has 7 heterocycles. The van der Waals surface area contributed by atoms with Crippen LogP contribution < -0.4 is 56.5 Å². The summed E-state index contributed by atoms with van der Waals surface area (Å²) in [5, 5.41) is 26.2. The van der Waals surface area contributed by atoms with E-state index in [1.807, 2.05) is 247 Å². The molecule has 7 aliphatic heterocycles. The van der Waals surface area contributed by atoms with Gasteiger partial charge in [0.05, 0.1) is 103 Å². The first kappa shape index (κ1) is 102. The Balaban J connectivity index is 0.000000135. The highest BCUT2D eigenvalue weighted by atomic mass is 35.5. The number of benzene rings is 12. The van der Waals surface area contributed by atoms with Crippen LogP contribution in [0, 0.1) is 39.0 Å². The van der Waals surface area contributed by atoms with Crippen LogP contribution in [0.4, 0.5) is 34.1 Å². The summed E-state index contributed by atoms with van der Waals surface area (Å²) in [5.41, 5.74) is 28.4. The Morgan fingerprint density at radius 2 is 0.780 bits per heavy atom. The van der Waals surface area contributed by atoms with Crippen molar-refractivity contribution in [2.45, 2.75) is 110 Å². The van der Waals surface area contributed by atoms with Gasteiger partial charge in [-0.1, -0.05) is 220 Å². The summed E-state index contributed by atoms with van der Waals surface area (Å²) in [6, 6.07) is 90.3.